The van der Waals surface area contributed by atoms with Crippen molar-refractivity contribution in [3.63, 3.8) is 0 Å². The number of nitrogens with zero attached hydrogens (tertiary/aromatic N) is 2. The molecular formula is C21H25N3O4S. The summed E-state index contributed by atoms with van der Waals surface area (Å²) in [5.74, 6) is -0.369. The molecule has 29 heavy (non-hydrogen) atoms. The van der Waals surface area contributed by atoms with Crippen LogP contribution in [0.25, 0.3) is 10.8 Å². The van der Waals surface area contributed by atoms with Crippen molar-refractivity contribution in [2.45, 2.75) is 37.2 Å². The molecule has 2 amide bonds. The molecule has 2 aliphatic rings. The Morgan fingerprint density at radius 3 is 2.55 bits per heavy atom. The summed E-state index contributed by atoms with van der Waals surface area (Å²) in [4.78, 5) is 27.2. The van der Waals surface area contributed by atoms with Gasteiger partial charge in [-0.3, -0.25) is 9.59 Å². The van der Waals surface area contributed by atoms with Gasteiger partial charge in [-0.2, -0.15) is 4.31 Å². The van der Waals surface area contributed by atoms with E-state index in [1.165, 1.54) is 4.31 Å². The molecule has 0 bridgehead atoms. The molecule has 2 saturated heterocycles. The average Bonchev–Trinajstić information content (AvgIpc) is 2.74. The number of nitrogens with one attached hydrogen (secondary N) is 1. The van der Waals surface area contributed by atoms with Gasteiger partial charge in [0.1, 0.15) is 12.1 Å². The van der Waals surface area contributed by atoms with E-state index in [2.05, 4.69) is 5.32 Å². The predicted molar refractivity (Wildman–Crippen MR) is 110 cm³/mol. The molecule has 1 N–H and O–H groups in total. The third-order valence-corrected chi connectivity index (χ3v) is 7.93. The lowest BCUT2D eigenvalue weighted by Gasteiger charge is -2.45. The molecule has 154 valence electrons. The summed E-state index contributed by atoms with van der Waals surface area (Å²) in [7, 11) is -3.76. The van der Waals surface area contributed by atoms with Crippen LogP contribution >= 0.6 is 0 Å². The van der Waals surface area contributed by atoms with Gasteiger partial charge in [0.15, 0.2) is 0 Å². The first-order valence-corrected chi connectivity index (χ1v) is 11.4. The lowest BCUT2D eigenvalue weighted by molar-refractivity contribution is -0.153. The normalized spacial score (nSPS) is 24.3. The van der Waals surface area contributed by atoms with Crippen LogP contribution in [0, 0.1) is 5.92 Å². The zero-order valence-corrected chi connectivity index (χ0v) is 17.4. The van der Waals surface area contributed by atoms with Crippen molar-refractivity contribution in [3.8, 4) is 0 Å². The number of sulfonamides is 1. The van der Waals surface area contributed by atoms with Gasteiger partial charge in [-0.1, -0.05) is 50.6 Å². The SMILES string of the molecule is CC[C@H](C)[C@@H]1NC(=O)[C@H]2CN(S(=O)(=O)c3ccc4ccccc4c3)CCN2C1=O. The van der Waals surface area contributed by atoms with Crippen molar-refractivity contribution in [1.82, 2.24) is 14.5 Å². The molecule has 0 aromatic heterocycles. The maximum absolute atomic E-state index is 13.2. The smallest absolute Gasteiger partial charge is 0.246 e. The molecule has 0 radical (unpaired) electrons. The van der Waals surface area contributed by atoms with E-state index in [0.29, 0.717) is 0 Å². The molecule has 7 nitrogen and oxygen atoms in total. The van der Waals surface area contributed by atoms with Gasteiger partial charge in [0.2, 0.25) is 21.8 Å². The second kappa shape index (κ2) is 7.42. The Kier molecular flexibility index (Phi) is 5.08. The van der Waals surface area contributed by atoms with Crippen LogP contribution in [-0.4, -0.2) is 61.2 Å². The average molecular weight is 416 g/mol. The Bertz CT molecular complexity index is 1070. The van der Waals surface area contributed by atoms with Crippen molar-refractivity contribution in [2.24, 2.45) is 5.92 Å². The minimum absolute atomic E-state index is 0.0278. The summed E-state index contributed by atoms with van der Waals surface area (Å²) in [6, 6.07) is 11.3. The summed E-state index contributed by atoms with van der Waals surface area (Å²) >= 11 is 0. The van der Waals surface area contributed by atoms with Crippen molar-refractivity contribution in [3.05, 3.63) is 42.5 Å². The second-order valence-corrected chi connectivity index (χ2v) is 9.73. The first-order chi connectivity index (χ1) is 13.8. The van der Waals surface area contributed by atoms with Gasteiger partial charge in [0.25, 0.3) is 0 Å². The standard InChI is InChI=1S/C21H25N3O4S/c1-3-14(2)19-21(26)24-11-10-23(13-18(24)20(25)22-19)29(27,28)17-9-8-15-6-4-5-7-16(15)12-17/h4-9,12,14,18-19H,3,10-11,13H2,1-2H3,(H,22,25)/t14-,18+,19-/m0/s1. The maximum Gasteiger partial charge on any atom is 0.246 e. The number of hydrogen-bond donors (Lipinski definition) is 1. The number of fused-ring (bicyclic) bond motifs is 2. The molecule has 2 fully saturated rings. The molecule has 2 aromatic rings. The second-order valence-electron chi connectivity index (χ2n) is 7.79. The maximum atomic E-state index is 13.2. The highest BCUT2D eigenvalue weighted by Gasteiger charge is 2.46. The van der Waals surface area contributed by atoms with Crippen molar-refractivity contribution < 1.29 is 18.0 Å². The van der Waals surface area contributed by atoms with Crippen LogP contribution in [0.5, 0.6) is 0 Å². The Hall–Kier alpha value is -2.45. The Balaban J connectivity index is 1.58. The van der Waals surface area contributed by atoms with E-state index in [1.54, 1.807) is 23.1 Å². The van der Waals surface area contributed by atoms with E-state index in [9.17, 15) is 18.0 Å². The van der Waals surface area contributed by atoms with Crippen molar-refractivity contribution in [2.75, 3.05) is 19.6 Å². The van der Waals surface area contributed by atoms with Gasteiger partial charge in [-0.25, -0.2) is 8.42 Å². The molecule has 0 saturated carbocycles. The number of carbonyl (C=O) groups is 2. The molecule has 4 rings (SSSR count). The fourth-order valence-electron chi connectivity index (χ4n) is 4.05. The number of carbonyl (C=O) groups excluding carboxylic acids is 2. The monoisotopic (exact) mass is 415 g/mol. The highest BCUT2D eigenvalue weighted by Crippen LogP contribution is 2.26. The largest absolute Gasteiger partial charge is 0.342 e. The summed E-state index contributed by atoms with van der Waals surface area (Å²) in [5.41, 5.74) is 0. The quantitative estimate of drug-likeness (QED) is 0.822. The van der Waals surface area contributed by atoms with Crippen LogP contribution < -0.4 is 5.32 Å². The van der Waals surface area contributed by atoms with Gasteiger partial charge < -0.3 is 10.2 Å². The molecule has 0 aliphatic carbocycles. The van der Waals surface area contributed by atoms with Crippen LogP contribution in [0.3, 0.4) is 0 Å². The molecule has 0 unspecified atom stereocenters. The number of hydrogen-bond acceptors (Lipinski definition) is 4. The van der Waals surface area contributed by atoms with Gasteiger partial charge in [-0.05, 0) is 28.8 Å². The topological polar surface area (TPSA) is 86.8 Å². The fraction of sp³-hybridized carbons (Fsp3) is 0.429. The fourth-order valence-corrected chi connectivity index (χ4v) is 5.53. The summed E-state index contributed by atoms with van der Waals surface area (Å²) in [6.45, 7) is 4.28. The van der Waals surface area contributed by atoms with Crippen molar-refractivity contribution in [1.29, 1.82) is 0 Å². The number of rotatable bonds is 4. The van der Waals surface area contributed by atoms with Crippen LogP contribution in [0.4, 0.5) is 0 Å². The molecule has 2 heterocycles. The van der Waals surface area contributed by atoms with E-state index in [0.717, 1.165) is 17.2 Å². The van der Waals surface area contributed by atoms with Gasteiger partial charge >= 0.3 is 0 Å². The molecule has 8 heteroatoms. The van der Waals surface area contributed by atoms with Crippen LogP contribution in [0.1, 0.15) is 20.3 Å². The summed E-state index contributed by atoms with van der Waals surface area (Å²) in [5, 5.41) is 4.60. The third-order valence-electron chi connectivity index (χ3n) is 6.06. The minimum Gasteiger partial charge on any atom is -0.342 e. The Morgan fingerprint density at radius 1 is 1.10 bits per heavy atom. The van der Waals surface area contributed by atoms with Crippen molar-refractivity contribution >= 4 is 32.6 Å². The van der Waals surface area contributed by atoms with Gasteiger partial charge in [0, 0.05) is 19.6 Å². The zero-order valence-electron chi connectivity index (χ0n) is 16.5. The summed E-state index contributed by atoms with van der Waals surface area (Å²) in [6.07, 6.45) is 0.775. The van der Waals surface area contributed by atoms with E-state index < -0.39 is 22.1 Å². The highest BCUT2D eigenvalue weighted by molar-refractivity contribution is 7.89. The van der Waals surface area contributed by atoms with E-state index in [4.69, 9.17) is 0 Å². The van der Waals surface area contributed by atoms with Crippen LogP contribution in [0.2, 0.25) is 0 Å². The Labute approximate surface area is 170 Å². The van der Waals surface area contributed by atoms with E-state index in [-0.39, 0.29) is 42.3 Å². The summed E-state index contributed by atoms with van der Waals surface area (Å²) < 4.78 is 27.7. The van der Waals surface area contributed by atoms with Crippen LogP contribution in [0.15, 0.2) is 47.4 Å². The zero-order chi connectivity index (χ0) is 20.8. The molecule has 0 spiro atoms. The van der Waals surface area contributed by atoms with Gasteiger partial charge in [-0.15, -0.1) is 0 Å². The number of piperazine rings is 2. The van der Waals surface area contributed by atoms with Gasteiger partial charge in [0.05, 0.1) is 4.90 Å². The molecule has 3 atom stereocenters. The minimum atomic E-state index is -3.76. The molecular weight excluding hydrogens is 390 g/mol. The predicted octanol–water partition coefficient (Wildman–Crippen LogP) is 1.59. The first kappa shape index (κ1) is 19.8. The van der Waals surface area contributed by atoms with Crippen LogP contribution in [-0.2, 0) is 19.6 Å². The van der Waals surface area contributed by atoms with E-state index >= 15 is 0 Å². The number of benzene rings is 2. The first-order valence-electron chi connectivity index (χ1n) is 9.92. The lowest BCUT2D eigenvalue weighted by atomic mass is 9.93. The molecule has 2 aromatic carbocycles. The highest BCUT2D eigenvalue weighted by atomic mass is 32.2. The Morgan fingerprint density at radius 2 is 1.83 bits per heavy atom. The molecule has 2 aliphatic heterocycles. The number of amides is 2. The third kappa shape index (κ3) is 3.40. The van der Waals surface area contributed by atoms with E-state index in [1.807, 2.05) is 38.1 Å². The lowest BCUT2D eigenvalue weighted by Crippen LogP contribution is -2.70.